The number of nitrogens with one attached hydrogen (secondary N) is 1. The van der Waals surface area contributed by atoms with Crippen molar-refractivity contribution >= 4 is 27.6 Å². The number of ether oxygens (including phenoxy) is 1. The van der Waals surface area contributed by atoms with E-state index in [1.165, 1.54) is 7.11 Å². The van der Waals surface area contributed by atoms with Crippen LogP contribution in [0.15, 0.2) is 22.9 Å². The van der Waals surface area contributed by atoms with Gasteiger partial charge in [-0.2, -0.15) is 0 Å². The standard InChI is InChI=1S/C9H11BrN2O2/c1-6(9(13)14-2)12-8-3-4-11-5-7(8)10/h3-6H,1-2H3,(H,11,12). The molecule has 4 nitrogen and oxygen atoms in total. The summed E-state index contributed by atoms with van der Waals surface area (Å²) in [5.74, 6) is -0.297. The molecular weight excluding hydrogens is 248 g/mol. The van der Waals surface area contributed by atoms with Gasteiger partial charge in [0.15, 0.2) is 0 Å². The van der Waals surface area contributed by atoms with E-state index in [1.54, 1.807) is 25.4 Å². The van der Waals surface area contributed by atoms with Crippen LogP contribution in [0.2, 0.25) is 0 Å². The van der Waals surface area contributed by atoms with Crippen molar-refractivity contribution in [2.45, 2.75) is 13.0 Å². The third-order valence-electron chi connectivity index (χ3n) is 1.70. The van der Waals surface area contributed by atoms with Crippen LogP contribution in [-0.2, 0) is 9.53 Å². The van der Waals surface area contributed by atoms with Crippen LogP contribution in [0.5, 0.6) is 0 Å². The smallest absolute Gasteiger partial charge is 0.327 e. The second kappa shape index (κ2) is 4.95. The molecule has 1 aromatic heterocycles. The van der Waals surface area contributed by atoms with Gasteiger partial charge in [0.1, 0.15) is 6.04 Å². The van der Waals surface area contributed by atoms with Crippen LogP contribution in [0.4, 0.5) is 5.69 Å². The molecule has 0 saturated heterocycles. The molecule has 5 heteroatoms. The summed E-state index contributed by atoms with van der Waals surface area (Å²) in [5.41, 5.74) is 0.818. The first-order chi connectivity index (χ1) is 6.65. The Morgan fingerprint density at radius 2 is 2.43 bits per heavy atom. The molecule has 0 spiro atoms. The molecule has 14 heavy (non-hydrogen) atoms. The van der Waals surface area contributed by atoms with Gasteiger partial charge in [0.2, 0.25) is 0 Å². The summed E-state index contributed by atoms with van der Waals surface area (Å²) in [6.45, 7) is 1.73. The van der Waals surface area contributed by atoms with Crippen LogP contribution >= 0.6 is 15.9 Å². The molecule has 0 fully saturated rings. The van der Waals surface area contributed by atoms with Gasteiger partial charge in [-0.25, -0.2) is 4.79 Å². The van der Waals surface area contributed by atoms with Crippen molar-refractivity contribution in [3.63, 3.8) is 0 Å². The van der Waals surface area contributed by atoms with Crippen LogP contribution in [0.1, 0.15) is 6.92 Å². The molecule has 1 aromatic rings. The van der Waals surface area contributed by atoms with Crippen molar-refractivity contribution in [3.8, 4) is 0 Å². The molecule has 1 atom stereocenters. The topological polar surface area (TPSA) is 51.2 Å². The lowest BCUT2D eigenvalue weighted by atomic mass is 10.3. The van der Waals surface area contributed by atoms with Crippen molar-refractivity contribution in [1.82, 2.24) is 4.98 Å². The Labute approximate surface area is 90.8 Å². The molecule has 0 aliphatic carbocycles. The predicted molar refractivity (Wildman–Crippen MR) is 57.0 cm³/mol. The predicted octanol–water partition coefficient (Wildman–Crippen LogP) is 1.82. The number of methoxy groups -OCH3 is 1. The zero-order valence-corrected chi connectivity index (χ0v) is 9.54. The Hall–Kier alpha value is -1.10. The van der Waals surface area contributed by atoms with E-state index >= 15 is 0 Å². The number of carbonyl (C=O) groups is 1. The average molecular weight is 259 g/mol. The van der Waals surface area contributed by atoms with Crippen LogP contribution in [0.25, 0.3) is 0 Å². The molecule has 0 radical (unpaired) electrons. The highest BCUT2D eigenvalue weighted by molar-refractivity contribution is 9.10. The zero-order chi connectivity index (χ0) is 10.6. The number of carbonyl (C=O) groups excluding carboxylic acids is 1. The Bertz CT molecular complexity index is 330. The second-order valence-corrected chi connectivity index (χ2v) is 3.60. The normalized spacial score (nSPS) is 11.9. The number of halogens is 1. The van der Waals surface area contributed by atoms with Crippen LogP contribution < -0.4 is 5.32 Å². The third-order valence-corrected chi connectivity index (χ3v) is 2.33. The molecule has 1 unspecified atom stereocenters. The first-order valence-corrected chi connectivity index (χ1v) is 4.88. The van der Waals surface area contributed by atoms with Gasteiger partial charge in [0.25, 0.3) is 0 Å². The summed E-state index contributed by atoms with van der Waals surface area (Å²) >= 11 is 3.32. The number of esters is 1. The lowest BCUT2D eigenvalue weighted by Crippen LogP contribution is -2.27. The van der Waals surface area contributed by atoms with Crippen LogP contribution in [0, 0.1) is 0 Å². The quantitative estimate of drug-likeness (QED) is 0.841. The number of rotatable bonds is 3. The maximum atomic E-state index is 11.1. The van der Waals surface area contributed by atoms with E-state index < -0.39 is 0 Å². The minimum atomic E-state index is -0.376. The van der Waals surface area contributed by atoms with E-state index in [0.717, 1.165) is 10.2 Å². The molecule has 1 rings (SSSR count). The first kappa shape index (κ1) is 11.0. The van der Waals surface area contributed by atoms with Gasteiger partial charge in [-0.1, -0.05) is 0 Å². The van der Waals surface area contributed by atoms with Crippen molar-refractivity contribution in [2.24, 2.45) is 0 Å². The molecule has 1 N–H and O–H groups in total. The molecular formula is C9H11BrN2O2. The van der Waals surface area contributed by atoms with Gasteiger partial charge in [-0.15, -0.1) is 0 Å². The molecule has 0 aliphatic heterocycles. The summed E-state index contributed by atoms with van der Waals surface area (Å²) in [6.07, 6.45) is 3.31. The van der Waals surface area contributed by atoms with Gasteiger partial charge < -0.3 is 10.1 Å². The summed E-state index contributed by atoms with van der Waals surface area (Å²) in [4.78, 5) is 15.0. The fraction of sp³-hybridized carbons (Fsp3) is 0.333. The van der Waals surface area contributed by atoms with Crippen LogP contribution in [-0.4, -0.2) is 24.1 Å². The van der Waals surface area contributed by atoms with Gasteiger partial charge in [-0.05, 0) is 28.9 Å². The molecule has 0 saturated carbocycles. The van der Waals surface area contributed by atoms with Crippen molar-refractivity contribution < 1.29 is 9.53 Å². The zero-order valence-electron chi connectivity index (χ0n) is 7.95. The molecule has 1 heterocycles. The van der Waals surface area contributed by atoms with E-state index in [2.05, 4.69) is 31.0 Å². The number of nitrogens with zero attached hydrogens (tertiary/aromatic N) is 1. The van der Waals surface area contributed by atoms with Crippen molar-refractivity contribution in [2.75, 3.05) is 12.4 Å². The summed E-state index contributed by atoms with van der Waals surface area (Å²) in [6, 6.07) is 1.41. The monoisotopic (exact) mass is 258 g/mol. The lowest BCUT2D eigenvalue weighted by Gasteiger charge is -2.13. The maximum Gasteiger partial charge on any atom is 0.327 e. The van der Waals surface area contributed by atoms with E-state index in [-0.39, 0.29) is 12.0 Å². The number of anilines is 1. The Morgan fingerprint density at radius 1 is 1.71 bits per heavy atom. The Kier molecular flexibility index (Phi) is 3.88. The lowest BCUT2D eigenvalue weighted by molar-refractivity contribution is -0.141. The van der Waals surface area contributed by atoms with Gasteiger partial charge in [0, 0.05) is 12.4 Å². The number of hydrogen-bond donors (Lipinski definition) is 1. The Morgan fingerprint density at radius 3 is 3.00 bits per heavy atom. The van der Waals surface area contributed by atoms with Crippen LogP contribution in [0.3, 0.4) is 0 Å². The van der Waals surface area contributed by atoms with E-state index in [9.17, 15) is 4.79 Å². The molecule has 0 amide bonds. The summed E-state index contributed by atoms with van der Waals surface area (Å²) < 4.78 is 5.41. The fourth-order valence-electron chi connectivity index (χ4n) is 0.961. The highest BCUT2D eigenvalue weighted by atomic mass is 79.9. The van der Waals surface area contributed by atoms with E-state index in [4.69, 9.17) is 0 Å². The van der Waals surface area contributed by atoms with Gasteiger partial charge >= 0.3 is 5.97 Å². The van der Waals surface area contributed by atoms with E-state index in [1.807, 2.05) is 0 Å². The fourth-order valence-corrected chi connectivity index (χ4v) is 1.33. The minimum absolute atomic E-state index is 0.297. The second-order valence-electron chi connectivity index (χ2n) is 2.74. The summed E-state index contributed by atoms with van der Waals surface area (Å²) in [7, 11) is 1.36. The summed E-state index contributed by atoms with van der Waals surface area (Å²) in [5, 5.41) is 3.00. The Balaban J connectivity index is 2.69. The molecule has 0 aliphatic rings. The van der Waals surface area contributed by atoms with E-state index in [0.29, 0.717) is 0 Å². The number of aromatic nitrogens is 1. The maximum absolute atomic E-state index is 11.1. The van der Waals surface area contributed by atoms with Gasteiger partial charge in [-0.3, -0.25) is 4.98 Å². The first-order valence-electron chi connectivity index (χ1n) is 4.09. The molecule has 76 valence electrons. The average Bonchev–Trinajstić information content (AvgIpc) is 2.20. The van der Waals surface area contributed by atoms with Gasteiger partial charge in [0.05, 0.1) is 17.3 Å². The van der Waals surface area contributed by atoms with Crippen molar-refractivity contribution in [3.05, 3.63) is 22.9 Å². The highest BCUT2D eigenvalue weighted by Crippen LogP contribution is 2.20. The number of pyridine rings is 1. The SMILES string of the molecule is COC(=O)C(C)Nc1ccncc1Br. The largest absolute Gasteiger partial charge is 0.467 e. The highest BCUT2D eigenvalue weighted by Gasteiger charge is 2.13. The molecule has 0 aromatic carbocycles. The minimum Gasteiger partial charge on any atom is -0.467 e. The molecule has 0 bridgehead atoms. The number of hydrogen-bond acceptors (Lipinski definition) is 4. The van der Waals surface area contributed by atoms with Crippen molar-refractivity contribution in [1.29, 1.82) is 0 Å². The third kappa shape index (κ3) is 2.70.